The summed E-state index contributed by atoms with van der Waals surface area (Å²) in [7, 11) is 0. The van der Waals surface area contributed by atoms with Crippen LogP contribution in [0.4, 0.5) is 0 Å². The number of amides is 1. The van der Waals surface area contributed by atoms with E-state index in [1.54, 1.807) is 17.8 Å². The third kappa shape index (κ3) is 7.08. The van der Waals surface area contributed by atoms with Gasteiger partial charge in [-0.3, -0.25) is 4.79 Å². The molecule has 4 aromatic carbocycles. The lowest BCUT2D eigenvalue weighted by Gasteiger charge is -2.13. The number of hydrogen-bond donors (Lipinski definition) is 1. The molecular formula is C34H32N4O3. The first kappa shape index (κ1) is 27.4. The van der Waals surface area contributed by atoms with Gasteiger partial charge in [-0.15, -0.1) is 0 Å². The summed E-state index contributed by atoms with van der Waals surface area (Å²) in [6.45, 7) is 4.43. The second-order valence-corrected chi connectivity index (χ2v) is 9.47. The number of rotatable bonds is 11. The SMILES string of the molecule is CCCOc1ccc(-c2nn(-c3ccccc3)cc2/C=N/NC(=O)C(C)Oc2ccc(-c3ccccc3)cc2)cc1. The first-order chi connectivity index (χ1) is 20.1. The van der Waals surface area contributed by atoms with Crippen LogP contribution in [0.3, 0.4) is 0 Å². The van der Waals surface area contributed by atoms with E-state index in [2.05, 4.69) is 29.6 Å². The van der Waals surface area contributed by atoms with E-state index in [9.17, 15) is 4.79 Å². The molecule has 0 aliphatic rings. The zero-order valence-electron chi connectivity index (χ0n) is 23.1. The molecule has 1 atom stereocenters. The van der Waals surface area contributed by atoms with E-state index < -0.39 is 6.10 Å². The Labute approximate surface area is 240 Å². The van der Waals surface area contributed by atoms with Gasteiger partial charge in [-0.05, 0) is 73.0 Å². The molecule has 1 aromatic heterocycles. The van der Waals surface area contributed by atoms with E-state index in [1.165, 1.54) is 0 Å². The first-order valence-corrected chi connectivity index (χ1v) is 13.6. The summed E-state index contributed by atoms with van der Waals surface area (Å²) in [5.74, 6) is 1.06. The smallest absolute Gasteiger partial charge is 0.280 e. The minimum Gasteiger partial charge on any atom is -0.494 e. The molecule has 1 unspecified atom stereocenters. The largest absolute Gasteiger partial charge is 0.494 e. The van der Waals surface area contributed by atoms with Crippen LogP contribution >= 0.6 is 0 Å². The van der Waals surface area contributed by atoms with Gasteiger partial charge in [0.1, 0.15) is 17.2 Å². The van der Waals surface area contributed by atoms with Crippen molar-refractivity contribution in [1.82, 2.24) is 15.2 Å². The fourth-order valence-electron chi connectivity index (χ4n) is 4.22. The Kier molecular flexibility index (Phi) is 8.86. The maximum absolute atomic E-state index is 12.7. The number of ether oxygens (including phenoxy) is 2. The second kappa shape index (κ2) is 13.3. The molecule has 0 aliphatic carbocycles. The van der Waals surface area contributed by atoms with E-state index in [4.69, 9.17) is 14.6 Å². The van der Waals surface area contributed by atoms with Crippen molar-refractivity contribution in [3.63, 3.8) is 0 Å². The molecule has 1 amide bonds. The first-order valence-electron chi connectivity index (χ1n) is 13.6. The zero-order chi connectivity index (χ0) is 28.4. The van der Waals surface area contributed by atoms with E-state index >= 15 is 0 Å². The average molecular weight is 545 g/mol. The molecule has 0 fully saturated rings. The highest BCUT2D eigenvalue weighted by atomic mass is 16.5. The van der Waals surface area contributed by atoms with Crippen molar-refractivity contribution in [2.75, 3.05) is 6.61 Å². The van der Waals surface area contributed by atoms with Crippen molar-refractivity contribution in [1.29, 1.82) is 0 Å². The Bertz CT molecular complexity index is 1580. The van der Waals surface area contributed by atoms with Crippen LogP contribution in [-0.4, -0.2) is 34.6 Å². The normalized spacial score (nSPS) is 11.8. The fourth-order valence-corrected chi connectivity index (χ4v) is 4.22. The molecule has 5 rings (SSSR count). The van der Waals surface area contributed by atoms with Crippen LogP contribution in [0.1, 0.15) is 25.8 Å². The lowest BCUT2D eigenvalue weighted by Crippen LogP contribution is -2.33. The lowest BCUT2D eigenvalue weighted by molar-refractivity contribution is -0.127. The molecule has 0 radical (unpaired) electrons. The predicted octanol–water partition coefficient (Wildman–Crippen LogP) is 6.91. The molecule has 1 heterocycles. The summed E-state index contributed by atoms with van der Waals surface area (Å²) in [5.41, 5.74) is 8.11. The number of nitrogens with one attached hydrogen (secondary N) is 1. The molecule has 1 N–H and O–H groups in total. The van der Waals surface area contributed by atoms with Crippen molar-refractivity contribution in [3.05, 3.63) is 121 Å². The molecule has 7 heteroatoms. The number of aromatic nitrogens is 2. The summed E-state index contributed by atoms with van der Waals surface area (Å²) >= 11 is 0. The topological polar surface area (TPSA) is 77.7 Å². The summed E-state index contributed by atoms with van der Waals surface area (Å²) in [5, 5.41) is 9.03. The van der Waals surface area contributed by atoms with Gasteiger partial charge in [0, 0.05) is 17.3 Å². The van der Waals surface area contributed by atoms with Crippen LogP contribution in [-0.2, 0) is 4.79 Å². The van der Waals surface area contributed by atoms with Gasteiger partial charge in [-0.25, -0.2) is 10.1 Å². The number of hydrogen-bond acceptors (Lipinski definition) is 5. The number of nitrogens with zero attached hydrogens (tertiary/aromatic N) is 3. The summed E-state index contributed by atoms with van der Waals surface area (Å²) in [6.07, 6.45) is 3.69. The van der Waals surface area contributed by atoms with Gasteiger partial charge < -0.3 is 9.47 Å². The van der Waals surface area contributed by atoms with E-state index in [0.717, 1.165) is 45.8 Å². The molecule has 0 spiro atoms. The van der Waals surface area contributed by atoms with E-state index in [-0.39, 0.29) is 5.91 Å². The number of hydrazone groups is 1. The van der Waals surface area contributed by atoms with Gasteiger partial charge in [-0.1, -0.05) is 67.6 Å². The molecule has 0 aliphatic heterocycles. The molecule has 41 heavy (non-hydrogen) atoms. The van der Waals surface area contributed by atoms with Gasteiger partial charge in [0.2, 0.25) is 0 Å². The molecular weight excluding hydrogens is 512 g/mol. The van der Waals surface area contributed by atoms with Gasteiger partial charge in [0.25, 0.3) is 5.91 Å². The Morgan fingerprint density at radius 3 is 2.15 bits per heavy atom. The maximum atomic E-state index is 12.7. The minimum absolute atomic E-state index is 0.359. The predicted molar refractivity (Wildman–Crippen MR) is 162 cm³/mol. The Hall–Kier alpha value is -5.17. The van der Waals surface area contributed by atoms with E-state index in [1.807, 2.05) is 103 Å². The van der Waals surface area contributed by atoms with Crippen molar-refractivity contribution in [2.45, 2.75) is 26.4 Å². The number of carbonyl (C=O) groups excluding carboxylic acids is 1. The molecule has 5 aromatic rings. The quantitative estimate of drug-likeness (QED) is 0.145. The van der Waals surface area contributed by atoms with Gasteiger partial charge in [0.05, 0.1) is 18.5 Å². The standard InChI is InChI=1S/C34H32N4O3/c1-3-22-40-31-18-16-28(17-19-31)33-29(24-38(37-33)30-12-8-5-9-13-30)23-35-36-34(39)25(2)41-32-20-14-27(15-21-32)26-10-6-4-7-11-26/h4-21,23-25H,3,22H2,1-2H3,(H,36,39)/b35-23+. The number of carbonyl (C=O) groups is 1. The Morgan fingerprint density at radius 1 is 0.854 bits per heavy atom. The van der Waals surface area contributed by atoms with Crippen LogP contribution in [0.5, 0.6) is 11.5 Å². The molecule has 206 valence electrons. The molecule has 0 saturated carbocycles. The highest BCUT2D eigenvalue weighted by Crippen LogP contribution is 2.26. The fraction of sp³-hybridized carbons (Fsp3) is 0.147. The maximum Gasteiger partial charge on any atom is 0.280 e. The van der Waals surface area contributed by atoms with Crippen molar-refractivity contribution < 1.29 is 14.3 Å². The Morgan fingerprint density at radius 2 is 1.46 bits per heavy atom. The molecule has 0 saturated heterocycles. The summed E-state index contributed by atoms with van der Waals surface area (Å²) in [4.78, 5) is 12.7. The molecule has 0 bridgehead atoms. The van der Waals surface area contributed by atoms with Crippen LogP contribution < -0.4 is 14.9 Å². The number of para-hydroxylation sites is 1. The third-order valence-corrected chi connectivity index (χ3v) is 6.39. The van der Waals surface area contributed by atoms with E-state index in [0.29, 0.717) is 12.4 Å². The van der Waals surface area contributed by atoms with Crippen molar-refractivity contribution in [3.8, 4) is 39.6 Å². The van der Waals surface area contributed by atoms with Gasteiger partial charge in [0.15, 0.2) is 6.10 Å². The minimum atomic E-state index is -0.739. The van der Waals surface area contributed by atoms with Crippen LogP contribution in [0, 0.1) is 0 Å². The highest BCUT2D eigenvalue weighted by molar-refractivity contribution is 5.90. The average Bonchev–Trinajstić information content (AvgIpc) is 3.45. The number of benzene rings is 4. The molecule has 7 nitrogen and oxygen atoms in total. The second-order valence-electron chi connectivity index (χ2n) is 9.47. The third-order valence-electron chi connectivity index (χ3n) is 6.39. The lowest BCUT2D eigenvalue weighted by atomic mass is 10.1. The van der Waals surface area contributed by atoms with Crippen molar-refractivity contribution in [2.24, 2.45) is 5.10 Å². The van der Waals surface area contributed by atoms with Crippen molar-refractivity contribution >= 4 is 12.1 Å². The van der Waals surface area contributed by atoms with Crippen LogP contribution in [0.15, 0.2) is 120 Å². The zero-order valence-corrected chi connectivity index (χ0v) is 23.1. The van der Waals surface area contributed by atoms with Crippen LogP contribution in [0.2, 0.25) is 0 Å². The monoisotopic (exact) mass is 544 g/mol. The summed E-state index contributed by atoms with van der Waals surface area (Å²) in [6, 6.07) is 35.4. The van der Waals surface area contributed by atoms with Gasteiger partial charge >= 0.3 is 0 Å². The highest BCUT2D eigenvalue weighted by Gasteiger charge is 2.15. The summed E-state index contributed by atoms with van der Waals surface area (Å²) < 4.78 is 13.4. The van der Waals surface area contributed by atoms with Crippen LogP contribution in [0.25, 0.3) is 28.1 Å². The van der Waals surface area contributed by atoms with Gasteiger partial charge in [-0.2, -0.15) is 10.2 Å². The Balaban J connectivity index is 1.27.